The number of benzene rings is 1. The number of para-hydroxylation sites is 2. The molecule has 98 valence electrons. The molecule has 0 bridgehead atoms. The van der Waals surface area contributed by atoms with Gasteiger partial charge >= 0.3 is 0 Å². The third-order valence-corrected chi connectivity index (χ3v) is 3.59. The second-order valence-corrected chi connectivity index (χ2v) is 4.75. The summed E-state index contributed by atoms with van der Waals surface area (Å²) in [4.78, 5) is 2.22. The van der Waals surface area contributed by atoms with Crippen molar-refractivity contribution in [1.29, 1.82) is 0 Å². The van der Waals surface area contributed by atoms with Gasteiger partial charge in [0.1, 0.15) is 11.9 Å². The number of anilines is 2. The summed E-state index contributed by atoms with van der Waals surface area (Å²) < 4.78 is 5.52. The summed E-state index contributed by atoms with van der Waals surface area (Å²) in [5.41, 5.74) is 3.54. The highest BCUT2D eigenvalue weighted by Crippen LogP contribution is 2.34. The molecule has 1 aromatic carbocycles. The van der Waals surface area contributed by atoms with Gasteiger partial charge in [-0.25, -0.2) is 0 Å². The lowest BCUT2D eigenvalue weighted by atomic mass is 10.2. The lowest BCUT2D eigenvalue weighted by molar-refractivity contribution is 0.300. The SMILES string of the molecule is CO/C(=C\C1Nc2ccccc2N1C)C1=CCC=C1. The van der Waals surface area contributed by atoms with Crippen molar-refractivity contribution >= 4 is 11.4 Å². The number of nitrogens with one attached hydrogen (secondary N) is 1. The number of ether oxygens (including phenoxy) is 1. The minimum absolute atomic E-state index is 0.127. The average Bonchev–Trinajstić information content (AvgIpc) is 3.06. The number of allylic oxidation sites excluding steroid dienone is 3. The minimum Gasteiger partial charge on any atom is -0.496 e. The van der Waals surface area contributed by atoms with Crippen molar-refractivity contribution in [3.63, 3.8) is 0 Å². The van der Waals surface area contributed by atoms with E-state index in [0.717, 1.165) is 23.4 Å². The van der Waals surface area contributed by atoms with Crippen LogP contribution in [0.25, 0.3) is 0 Å². The zero-order chi connectivity index (χ0) is 13.2. The molecule has 1 unspecified atom stereocenters. The quantitative estimate of drug-likeness (QED) is 0.838. The molecule has 0 aromatic heterocycles. The van der Waals surface area contributed by atoms with Gasteiger partial charge < -0.3 is 15.0 Å². The Morgan fingerprint density at radius 1 is 1.42 bits per heavy atom. The van der Waals surface area contributed by atoms with E-state index in [1.165, 1.54) is 5.69 Å². The molecular formula is C16H18N2O. The molecule has 1 aromatic rings. The van der Waals surface area contributed by atoms with Crippen LogP contribution in [-0.2, 0) is 4.74 Å². The standard InChI is InChI=1S/C16H18N2O/c1-18-14-10-6-5-9-13(14)17-16(18)11-15(19-2)12-7-3-4-8-12/h3,5-11,16-17H,4H2,1-2H3/b15-11-. The fourth-order valence-corrected chi connectivity index (χ4v) is 2.53. The Kier molecular flexibility index (Phi) is 3.03. The molecule has 3 heteroatoms. The maximum Gasteiger partial charge on any atom is 0.125 e. The van der Waals surface area contributed by atoms with Gasteiger partial charge in [-0.1, -0.05) is 30.4 Å². The molecule has 3 rings (SSSR count). The zero-order valence-corrected chi connectivity index (χ0v) is 11.3. The summed E-state index contributed by atoms with van der Waals surface area (Å²) in [5, 5.41) is 3.49. The van der Waals surface area contributed by atoms with E-state index in [4.69, 9.17) is 4.74 Å². The molecule has 0 radical (unpaired) electrons. The first kappa shape index (κ1) is 11.9. The Morgan fingerprint density at radius 2 is 2.26 bits per heavy atom. The van der Waals surface area contributed by atoms with Crippen molar-refractivity contribution in [3.8, 4) is 0 Å². The smallest absolute Gasteiger partial charge is 0.125 e. The van der Waals surface area contributed by atoms with E-state index < -0.39 is 0 Å². The van der Waals surface area contributed by atoms with Gasteiger partial charge in [-0.2, -0.15) is 0 Å². The van der Waals surface area contributed by atoms with Crippen molar-refractivity contribution in [1.82, 2.24) is 0 Å². The molecule has 0 spiro atoms. The molecule has 2 aliphatic rings. The normalized spacial score (nSPS) is 21.2. The highest BCUT2D eigenvalue weighted by molar-refractivity contribution is 5.76. The number of methoxy groups -OCH3 is 1. The number of likely N-dealkylation sites (N-methyl/N-ethyl adjacent to an activating group) is 1. The second kappa shape index (κ2) is 4.84. The Morgan fingerprint density at radius 3 is 2.95 bits per heavy atom. The van der Waals surface area contributed by atoms with E-state index in [-0.39, 0.29) is 6.17 Å². The summed E-state index contributed by atoms with van der Waals surface area (Å²) in [7, 11) is 3.81. The summed E-state index contributed by atoms with van der Waals surface area (Å²) in [6, 6.07) is 8.33. The minimum atomic E-state index is 0.127. The molecule has 1 aliphatic carbocycles. The Balaban J connectivity index is 1.87. The van der Waals surface area contributed by atoms with Gasteiger partial charge in [0.25, 0.3) is 0 Å². The van der Waals surface area contributed by atoms with Crippen molar-refractivity contribution < 1.29 is 4.74 Å². The third-order valence-electron chi connectivity index (χ3n) is 3.59. The first-order valence-electron chi connectivity index (χ1n) is 6.51. The van der Waals surface area contributed by atoms with E-state index in [9.17, 15) is 0 Å². The Bertz CT molecular complexity index is 572. The number of rotatable bonds is 3. The molecule has 1 aliphatic heterocycles. The number of hydrogen-bond donors (Lipinski definition) is 1. The highest BCUT2D eigenvalue weighted by Gasteiger charge is 2.24. The van der Waals surface area contributed by atoms with Crippen molar-refractivity contribution in [3.05, 3.63) is 59.9 Å². The van der Waals surface area contributed by atoms with Gasteiger partial charge in [-0.3, -0.25) is 0 Å². The molecule has 1 atom stereocenters. The number of nitrogens with zero attached hydrogens (tertiary/aromatic N) is 1. The van der Waals surface area contributed by atoms with Crippen molar-refractivity contribution in [2.24, 2.45) is 0 Å². The summed E-state index contributed by atoms with van der Waals surface area (Å²) >= 11 is 0. The van der Waals surface area contributed by atoms with Crippen LogP contribution in [0.3, 0.4) is 0 Å². The van der Waals surface area contributed by atoms with E-state index in [1.54, 1.807) is 7.11 Å². The molecule has 0 saturated heterocycles. The van der Waals surface area contributed by atoms with Crippen molar-refractivity contribution in [2.75, 3.05) is 24.4 Å². The Hall–Kier alpha value is -2.16. The van der Waals surface area contributed by atoms with Crippen molar-refractivity contribution in [2.45, 2.75) is 12.6 Å². The monoisotopic (exact) mass is 254 g/mol. The van der Waals surface area contributed by atoms with Crippen LogP contribution < -0.4 is 10.2 Å². The van der Waals surface area contributed by atoms with E-state index >= 15 is 0 Å². The van der Waals surface area contributed by atoms with Gasteiger partial charge in [-0.05, 0) is 18.6 Å². The molecule has 3 nitrogen and oxygen atoms in total. The van der Waals surface area contributed by atoms with Crippen LogP contribution in [0.2, 0.25) is 0 Å². The number of hydrogen-bond acceptors (Lipinski definition) is 3. The number of fused-ring (bicyclic) bond motifs is 1. The molecule has 0 fully saturated rings. The van der Waals surface area contributed by atoms with E-state index in [0.29, 0.717) is 0 Å². The van der Waals surface area contributed by atoms with Crippen LogP contribution in [0, 0.1) is 0 Å². The van der Waals surface area contributed by atoms with Crippen LogP contribution in [0.15, 0.2) is 59.9 Å². The first-order chi connectivity index (χ1) is 9.29. The maximum atomic E-state index is 5.52. The summed E-state index contributed by atoms with van der Waals surface area (Å²) in [6.07, 6.45) is 9.67. The van der Waals surface area contributed by atoms with Crippen LogP contribution in [0.5, 0.6) is 0 Å². The summed E-state index contributed by atoms with van der Waals surface area (Å²) in [5.74, 6) is 0.922. The fraction of sp³-hybridized carbons (Fsp3) is 0.250. The van der Waals surface area contributed by atoms with E-state index in [2.05, 4.69) is 59.8 Å². The molecule has 1 heterocycles. The predicted molar refractivity (Wildman–Crippen MR) is 79.2 cm³/mol. The fourth-order valence-electron chi connectivity index (χ4n) is 2.53. The van der Waals surface area contributed by atoms with Gasteiger partial charge in [0, 0.05) is 18.7 Å². The maximum absolute atomic E-state index is 5.52. The van der Waals surface area contributed by atoms with Crippen LogP contribution >= 0.6 is 0 Å². The molecule has 1 N–H and O–H groups in total. The molecule has 19 heavy (non-hydrogen) atoms. The second-order valence-electron chi connectivity index (χ2n) is 4.75. The van der Waals surface area contributed by atoms with E-state index in [1.807, 2.05) is 6.07 Å². The predicted octanol–water partition coefficient (Wildman–Crippen LogP) is 3.29. The molecule has 0 saturated carbocycles. The average molecular weight is 254 g/mol. The largest absolute Gasteiger partial charge is 0.496 e. The Labute approximate surface area is 113 Å². The summed E-state index contributed by atoms with van der Waals surface area (Å²) in [6.45, 7) is 0. The third kappa shape index (κ3) is 2.12. The van der Waals surface area contributed by atoms with Gasteiger partial charge in [0.15, 0.2) is 0 Å². The lowest BCUT2D eigenvalue weighted by Gasteiger charge is -2.20. The molecule has 0 amide bonds. The topological polar surface area (TPSA) is 24.5 Å². The van der Waals surface area contributed by atoms with Crippen LogP contribution in [0.1, 0.15) is 6.42 Å². The van der Waals surface area contributed by atoms with Crippen LogP contribution in [0.4, 0.5) is 11.4 Å². The van der Waals surface area contributed by atoms with Crippen LogP contribution in [-0.4, -0.2) is 20.3 Å². The molecular weight excluding hydrogens is 236 g/mol. The first-order valence-corrected chi connectivity index (χ1v) is 6.51. The van der Waals surface area contributed by atoms with Gasteiger partial charge in [0.05, 0.1) is 18.5 Å². The van der Waals surface area contributed by atoms with Gasteiger partial charge in [-0.15, -0.1) is 0 Å². The highest BCUT2D eigenvalue weighted by atomic mass is 16.5. The zero-order valence-electron chi connectivity index (χ0n) is 11.3. The lowest BCUT2D eigenvalue weighted by Crippen LogP contribution is -2.30. The van der Waals surface area contributed by atoms with Gasteiger partial charge in [0.2, 0.25) is 0 Å².